The number of benzene rings is 2. The van der Waals surface area contributed by atoms with E-state index in [0.717, 1.165) is 39.2 Å². The van der Waals surface area contributed by atoms with Crippen molar-refractivity contribution in [3.8, 4) is 16.9 Å². The lowest BCUT2D eigenvalue weighted by Crippen LogP contribution is -2.32. The van der Waals surface area contributed by atoms with E-state index in [1.807, 2.05) is 69.0 Å². The number of halogens is 1. The predicted molar refractivity (Wildman–Crippen MR) is 139 cm³/mol. The summed E-state index contributed by atoms with van der Waals surface area (Å²) in [5, 5.41) is 8.33. The molecule has 190 valence electrons. The van der Waals surface area contributed by atoms with Crippen LogP contribution in [0.1, 0.15) is 38.4 Å². The number of imidazole rings is 1. The maximum atomic E-state index is 13.9. The molecule has 1 aliphatic heterocycles. The summed E-state index contributed by atoms with van der Waals surface area (Å²) in [5.41, 5.74) is 6.81. The summed E-state index contributed by atoms with van der Waals surface area (Å²) >= 11 is 0. The van der Waals surface area contributed by atoms with Crippen molar-refractivity contribution in [2.75, 3.05) is 13.2 Å². The molecule has 0 radical (unpaired) electrons. The Labute approximate surface area is 215 Å². The van der Waals surface area contributed by atoms with Crippen LogP contribution in [0.5, 0.6) is 5.75 Å². The number of rotatable bonds is 5. The number of hydrogen-bond donors (Lipinski definition) is 1. The number of ether oxygens (including phenoxy) is 1. The molecular weight excluding hydrogens is 469 g/mol. The van der Waals surface area contributed by atoms with Gasteiger partial charge in [-0.3, -0.25) is 15.2 Å². The molecule has 0 saturated carbocycles. The summed E-state index contributed by atoms with van der Waals surface area (Å²) < 4.78 is 23.7. The van der Waals surface area contributed by atoms with Crippen molar-refractivity contribution >= 4 is 5.91 Å². The number of carbonyl (C=O) groups is 1. The maximum absolute atomic E-state index is 13.9. The number of amides is 1. The summed E-state index contributed by atoms with van der Waals surface area (Å²) in [6, 6.07) is 12.5. The molecule has 0 fully saturated rings. The number of fused-ring (bicyclic) bond motifs is 1. The standard InChI is InChI=1S/C29H30FN5O2/c1-18-11-20(3)32-23(12-18)17-34-9-10-37-27-25(24-6-5-22(30)13-19(24)2)14-21(15-26(27)28(34)36)16-35-8-7-33(4)29(35)31/h5-8,11-15,31H,9-10,16-17H2,1-4H3. The van der Waals surface area contributed by atoms with Crippen LogP contribution in [0.2, 0.25) is 0 Å². The van der Waals surface area contributed by atoms with Gasteiger partial charge in [-0.1, -0.05) is 6.07 Å². The second-order valence-corrected chi connectivity index (χ2v) is 9.69. The Kier molecular flexibility index (Phi) is 6.41. The van der Waals surface area contributed by atoms with Gasteiger partial charge in [-0.05, 0) is 79.4 Å². The summed E-state index contributed by atoms with van der Waals surface area (Å²) in [5.74, 6) is 0.0512. The van der Waals surface area contributed by atoms with Gasteiger partial charge < -0.3 is 18.8 Å². The van der Waals surface area contributed by atoms with Crippen molar-refractivity contribution in [1.29, 1.82) is 5.41 Å². The van der Waals surface area contributed by atoms with Crippen LogP contribution in [0, 0.1) is 32.0 Å². The van der Waals surface area contributed by atoms with Crippen molar-refractivity contribution in [3.05, 3.63) is 99.9 Å². The van der Waals surface area contributed by atoms with Gasteiger partial charge in [0, 0.05) is 30.7 Å². The summed E-state index contributed by atoms with van der Waals surface area (Å²) in [6.45, 7) is 7.36. The zero-order valence-electron chi connectivity index (χ0n) is 21.5. The third kappa shape index (κ3) is 4.91. The third-order valence-corrected chi connectivity index (χ3v) is 6.69. The van der Waals surface area contributed by atoms with Gasteiger partial charge in [-0.25, -0.2) is 4.39 Å². The number of nitrogens with zero attached hydrogens (tertiary/aromatic N) is 4. The highest BCUT2D eigenvalue weighted by molar-refractivity contribution is 6.00. The van der Waals surface area contributed by atoms with E-state index < -0.39 is 0 Å². The van der Waals surface area contributed by atoms with E-state index in [1.54, 1.807) is 15.5 Å². The minimum absolute atomic E-state index is 0.138. The summed E-state index contributed by atoms with van der Waals surface area (Å²) in [4.78, 5) is 20.3. The maximum Gasteiger partial charge on any atom is 0.258 e. The van der Waals surface area contributed by atoms with E-state index in [9.17, 15) is 9.18 Å². The number of pyridine rings is 1. The van der Waals surface area contributed by atoms with E-state index in [4.69, 9.17) is 10.1 Å². The van der Waals surface area contributed by atoms with E-state index in [0.29, 0.717) is 43.2 Å². The van der Waals surface area contributed by atoms with Crippen LogP contribution in [-0.4, -0.2) is 38.1 Å². The second kappa shape index (κ2) is 9.69. The van der Waals surface area contributed by atoms with Gasteiger partial charge in [0.05, 0.1) is 30.9 Å². The quantitative estimate of drug-likeness (QED) is 0.439. The van der Waals surface area contributed by atoms with E-state index >= 15 is 0 Å². The van der Waals surface area contributed by atoms with Gasteiger partial charge in [-0.15, -0.1) is 0 Å². The minimum Gasteiger partial charge on any atom is -0.490 e. The first-order valence-electron chi connectivity index (χ1n) is 12.3. The Morgan fingerprint density at radius 1 is 1.00 bits per heavy atom. The lowest BCUT2D eigenvalue weighted by Gasteiger charge is -2.21. The van der Waals surface area contributed by atoms with Crippen molar-refractivity contribution in [1.82, 2.24) is 19.0 Å². The predicted octanol–water partition coefficient (Wildman–Crippen LogP) is 4.52. The molecule has 0 saturated heterocycles. The Balaban J connectivity index is 1.62. The van der Waals surface area contributed by atoms with Crippen LogP contribution in [0.15, 0.2) is 54.9 Å². The van der Waals surface area contributed by atoms with Crippen LogP contribution < -0.4 is 10.4 Å². The van der Waals surface area contributed by atoms with Gasteiger partial charge in [-0.2, -0.15) is 0 Å². The zero-order valence-corrected chi connectivity index (χ0v) is 21.5. The SMILES string of the molecule is Cc1cc(C)nc(CN2CCOc3c(cc(Cn4ccn(C)c4=N)cc3-c3ccc(F)cc3C)C2=O)c1. The fourth-order valence-electron chi connectivity index (χ4n) is 4.95. The van der Waals surface area contributed by atoms with Gasteiger partial charge >= 0.3 is 0 Å². The fourth-order valence-corrected chi connectivity index (χ4v) is 4.95. The van der Waals surface area contributed by atoms with E-state index in [1.165, 1.54) is 12.1 Å². The molecule has 5 rings (SSSR count). The molecule has 0 atom stereocenters. The molecule has 7 nitrogen and oxygen atoms in total. The van der Waals surface area contributed by atoms with Crippen molar-refractivity contribution in [3.63, 3.8) is 0 Å². The second-order valence-electron chi connectivity index (χ2n) is 9.69. The zero-order chi connectivity index (χ0) is 26.3. The number of aryl methyl sites for hydroxylation is 4. The summed E-state index contributed by atoms with van der Waals surface area (Å²) in [7, 11) is 1.82. The Morgan fingerprint density at radius 2 is 1.78 bits per heavy atom. The average molecular weight is 500 g/mol. The molecule has 0 bridgehead atoms. The molecule has 4 aromatic rings. The Hall–Kier alpha value is -4.20. The molecular formula is C29H30FN5O2. The first-order valence-corrected chi connectivity index (χ1v) is 12.3. The van der Waals surface area contributed by atoms with Gasteiger partial charge in [0.1, 0.15) is 18.2 Å². The molecule has 3 heterocycles. The van der Waals surface area contributed by atoms with Gasteiger partial charge in [0.25, 0.3) is 5.91 Å². The molecule has 8 heteroatoms. The number of hydrogen-bond acceptors (Lipinski definition) is 4. The topological polar surface area (TPSA) is 76.1 Å². The van der Waals surface area contributed by atoms with Crippen molar-refractivity contribution in [2.45, 2.75) is 33.9 Å². The fraction of sp³-hybridized carbons (Fsp3) is 0.276. The molecule has 37 heavy (non-hydrogen) atoms. The first-order chi connectivity index (χ1) is 17.7. The Morgan fingerprint density at radius 3 is 2.49 bits per heavy atom. The summed E-state index contributed by atoms with van der Waals surface area (Å²) in [6.07, 6.45) is 3.66. The van der Waals surface area contributed by atoms with Crippen LogP contribution in [0.3, 0.4) is 0 Å². The largest absolute Gasteiger partial charge is 0.490 e. The highest BCUT2D eigenvalue weighted by Gasteiger charge is 2.28. The van der Waals surface area contributed by atoms with Crippen LogP contribution in [0.4, 0.5) is 4.39 Å². The van der Waals surface area contributed by atoms with Crippen molar-refractivity contribution < 1.29 is 13.9 Å². The van der Waals surface area contributed by atoms with Crippen LogP contribution >= 0.6 is 0 Å². The van der Waals surface area contributed by atoms with Gasteiger partial charge in [0.2, 0.25) is 5.62 Å². The van der Waals surface area contributed by atoms with E-state index in [2.05, 4.69) is 4.98 Å². The minimum atomic E-state index is -0.314. The first kappa shape index (κ1) is 24.5. The average Bonchev–Trinajstić information content (AvgIpc) is 3.05. The molecule has 2 aromatic carbocycles. The van der Waals surface area contributed by atoms with Crippen molar-refractivity contribution in [2.24, 2.45) is 7.05 Å². The number of aromatic nitrogens is 3. The number of nitrogens with one attached hydrogen (secondary N) is 1. The lowest BCUT2D eigenvalue weighted by atomic mass is 9.94. The molecule has 2 aromatic heterocycles. The molecule has 0 unspecified atom stereocenters. The van der Waals surface area contributed by atoms with Gasteiger partial charge in [0.15, 0.2) is 0 Å². The molecule has 0 aliphatic carbocycles. The number of carbonyl (C=O) groups excluding carboxylic acids is 1. The van der Waals surface area contributed by atoms with Crippen LogP contribution in [-0.2, 0) is 20.1 Å². The van der Waals surface area contributed by atoms with E-state index in [-0.39, 0.29) is 11.7 Å². The monoisotopic (exact) mass is 499 g/mol. The lowest BCUT2D eigenvalue weighted by molar-refractivity contribution is 0.0740. The Bertz CT molecular complexity index is 1550. The molecule has 1 amide bonds. The molecule has 0 spiro atoms. The normalized spacial score (nSPS) is 13.3. The highest BCUT2D eigenvalue weighted by Crippen LogP contribution is 2.38. The molecule has 1 aliphatic rings. The highest BCUT2D eigenvalue weighted by atomic mass is 19.1. The van der Waals surface area contributed by atoms with Crippen LogP contribution in [0.25, 0.3) is 11.1 Å². The smallest absolute Gasteiger partial charge is 0.258 e. The third-order valence-electron chi connectivity index (χ3n) is 6.69. The molecule has 1 N–H and O–H groups in total.